The topological polar surface area (TPSA) is 37.8 Å². The molecular weight excluding hydrogens is 290 g/mol. The summed E-state index contributed by atoms with van der Waals surface area (Å²) in [6.07, 6.45) is 2.76. The van der Waals surface area contributed by atoms with Gasteiger partial charge in [-0.3, -0.25) is 4.98 Å². The second-order valence-corrected chi connectivity index (χ2v) is 5.78. The van der Waals surface area contributed by atoms with Gasteiger partial charge in [-0.05, 0) is 30.7 Å². The molecule has 0 unspecified atom stereocenters. The number of hydrogen-bond acceptors (Lipinski definition) is 4. The Morgan fingerprint density at radius 3 is 3.00 bits per heavy atom. The van der Waals surface area contributed by atoms with Gasteiger partial charge in [-0.2, -0.15) is 0 Å². The lowest BCUT2D eigenvalue weighted by Crippen LogP contribution is -2.01. The number of aromatic nitrogens is 2. The molecule has 102 valence electrons. The molecule has 1 N–H and O–H groups in total. The van der Waals surface area contributed by atoms with E-state index in [1.807, 2.05) is 24.3 Å². The number of halogens is 1. The van der Waals surface area contributed by atoms with Crippen LogP contribution in [-0.2, 0) is 13.0 Å². The van der Waals surface area contributed by atoms with E-state index in [1.165, 1.54) is 5.01 Å². The average Bonchev–Trinajstić information content (AvgIpc) is 2.95. The minimum atomic E-state index is 0.698. The quantitative estimate of drug-likeness (QED) is 0.770. The van der Waals surface area contributed by atoms with Gasteiger partial charge in [-0.15, -0.1) is 11.3 Å². The number of thiazole rings is 1. The summed E-state index contributed by atoms with van der Waals surface area (Å²) in [5, 5.41) is 8.34. The summed E-state index contributed by atoms with van der Waals surface area (Å²) in [7, 11) is 0. The Morgan fingerprint density at radius 1 is 1.30 bits per heavy atom. The monoisotopic (exact) mass is 303 g/mol. The largest absolute Gasteiger partial charge is 0.378 e. The standard InChI is InChI=1S/C15H14ClN3S/c1-2-14-19-10(9-20-14)8-18-13-6-5-12(16)11-4-3-7-17-15(11)13/h3-7,9,18H,2,8H2,1H3. The highest BCUT2D eigenvalue weighted by molar-refractivity contribution is 7.09. The number of nitrogens with one attached hydrogen (secondary N) is 1. The maximum Gasteiger partial charge on any atom is 0.0948 e. The minimum absolute atomic E-state index is 0.698. The zero-order valence-electron chi connectivity index (χ0n) is 11.1. The van der Waals surface area contributed by atoms with Crippen molar-refractivity contribution in [1.29, 1.82) is 0 Å². The third-order valence-electron chi connectivity index (χ3n) is 3.08. The third kappa shape index (κ3) is 2.62. The van der Waals surface area contributed by atoms with E-state index in [4.69, 9.17) is 11.6 Å². The molecule has 5 heteroatoms. The Balaban J connectivity index is 1.86. The molecule has 3 nitrogen and oxygen atoms in total. The Bertz CT molecular complexity index is 739. The number of benzene rings is 1. The third-order valence-corrected chi connectivity index (χ3v) is 4.45. The Hall–Kier alpha value is -1.65. The first kappa shape index (κ1) is 13.3. The van der Waals surface area contributed by atoms with Crippen molar-refractivity contribution < 1.29 is 0 Å². The summed E-state index contributed by atoms with van der Waals surface area (Å²) in [5.74, 6) is 0. The summed E-state index contributed by atoms with van der Waals surface area (Å²) < 4.78 is 0. The molecule has 1 aromatic carbocycles. The molecule has 0 saturated heterocycles. The van der Waals surface area contributed by atoms with Gasteiger partial charge in [0.05, 0.1) is 33.5 Å². The normalized spacial score (nSPS) is 10.9. The molecule has 3 rings (SSSR count). The van der Waals surface area contributed by atoms with Gasteiger partial charge in [-0.25, -0.2) is 4.98 Å². The van der Waals surface area contributed by atoms with Crippen molar-refractivity contribution in [1.82, 2.24) is 9.97 Å². The van der Waals surface area contributed by atoms with E-state index in [1.54, 1.807) is 17.5 Å². The highest BCUT2D eigenvalue weighted by Gasteiger charge is 2.06. The van der Waals surface area contributed by atoms with E-state index in [2.05, 4.69) is 27.6 Å². The number of nitrogens with zero attached hydrogens (tertiary/aromatic N) is 2. The van der Waals surface area contributed by atoms with Crippen molar-refractivity contribution in [3.05, 3.63) is 51.6 Å². The summed E-state index contributed by atoms with van der Waals surface area (Å²) in [6, 6.07) is 7.73. The number of anilines is 1. The van der Waals surface area contributed by atoms with Crippen LogP contribution in [-0.4, -0.2) is 9.97 Å². The van der Waals surface area contributed by atoms with Crippen molar-refractivity contribution in [3.63, 3.8) is 0 Å². The maximum absolute atomic E-state index is 6.19. The first-order valence-corrected chi connectivity index (χ1v) is 7.74. The molecule has 0 atom stereocenters. The molecule has 0 saturated carbocycles. The van der Waals surface area contributed by atoms with E-state index in [0.717, 1.165) is 33.7 Å². The molecule has 0 amide bonds. The van der Waals surface area contributed by atoms with Crippen molar-refractivity contribution in [2.45, 2.75) is 19.9 Å². The van der Waals surface area contributed by atoms with Gasteiger partial charge in [-0.1, -0.05) is 18.5 Å². The van der Waals surface area contributed by atoms with Crippen molar-refractivity contribution >= 4 is 39.5 Å². The van der Waals surface area contributed by atoms with Gasteiger partial charge >= 0.3 is 0 Å². The van der Waals surface area contributed by atoms with Crippen LogP contribution in [0.5, 0.6) is 0 Å². The molecule has 0 bridgehead atoms. The van der Waals surface area contributed by atoms with E-state index in [9.17, 15) is 0 Å². The lowest BCUT2D eigenvalue weighted by atomic mass is 10.2. The second-order valence-electron chi connectivity index (χ2n) is 4.43. The van der Waals surface area contributed by atoms with Crippen molar-refractivity contribution in [3.8, 4) is 0 Å². The second kappa shape index (κ2) is 5.77. The van der Waals surface area contributed by atoms with Gasteiger partial charge < -0.3 is 5.32 Å². The zero-order chi connectivity index (χ0) is 13.9. The Labute approximate surface area is 126 Å². The molecule has 2 aromatic heterocycles. The lowest BCUT2D eigenvalue weighted by molar-refractivity contribution is 1.01. The van der Waals surface area contributed by atoms with Gasteiger partial charge in [0.15, 0.2) is 0 Å². The summed E-state index contributed by atoms with van der Waals surface area (Å²) in [5.41, 5.74) is 2.94. The molecule has 0 fully saturated rings. The first-order valence-electron chi connectivity index (χ1n) is 6.48. The number of rotatable bonds is 4. The summed E-state index contributed by atoms with van der Waals surface area (Å²) in [4.78, 5) is 8.96. The minimum Gasteiger partial charge on any atom is -0.378 e. The Morgan fingerprint density at radius 2 is 2.20 bits per heavy atom. The molecule has 0 radical (unpaired) electrons. The molecule has 0 aliphatic heterocycles. The van der Waals surface area contributed by atoms with E-state index >= 15 is 0 Å². The average molecular weight is 304 g/mol. The predicted molar refractivity (Wildman–Crippen MR) is 85.6 cm³/mol. The van der Waals surface area contributed by atoms with Gasteiger partial charge in [0.25, 0.3) is 0 Å². The fourth-order valence-corrected chi connectivity index (χ4v) is 3.02. The van der Waals surface area contributed by atoms with E-state index in [-0.39, 0.29) is 0 Å². The fraction of sp³-hybridized carbons (Fsp3) is 0.200. The molecule has 20 heavy (non-hydrogen) atoms. The number of aryl methyl sites for hydroxylation is 1. The Kier molecular flexibility index (Phi) is 3.85. The van der Waals surface area contributed by atoms with Gasteiger partial charge in [0.1, 0.15) is 0 Å². The van der Waals surface area contributed by atoms with Crippen LogP contribution < -0.4 is 5.32 Å². The molecule has 0 aliphatic carbocycles. The van der Waals surface area contributed by atoms with Crippen LogP contribution in [0.2, 0.25) is 5.02 Å². The van der Waals surface area contributed by atoms with Crippen molar-refractivity contribution in [2.24, 2.45) is 0 Å². The highest BCUT2D eigenvalue weighted by Crippen LogP contribution is 2.28. The zero-order valence-corrected chi connectivity index (χ0v) is 12.6. The predicted octanol–water partition coefficient (Wildman–Crippen LogP) is 4.52. The van der Waals surface area contributed by atoms with Crippen LogP contribution in [0, 0.1) is 0 Å². The summed E-state index contributed by atoms with van der Waals surface area (Å²) in [6.45, 7) is 2.82. The van der Waals surface area contributed by atoms with Crippen LogP contribution in [0.3, 0.4) is 0 Å². The van der Waals surface area contributed by atoms with Crippen LogP contribution in [0.15, 0.2) is 35.8 Å². The molecule has 2 heterocycles. The maximum atomic E-state index is 6.19. The van der Waals surface area contributed by atoms with Crippen LogP contribution in [0.25, 0.3) is 10.9 Å². The van der Waals surface area contributed by atoms with Crippen LogP contribution in [0.1, 0.15) is 17.6 Å². The van der Waals surface area contributed by atoms with Crippen LogP contribution >= 0.6 is 22.9 Å². The van der Waals surface area contributed by atoms with Gasteiger partial charge in [0, 0.05) is 17.0 Å². The smallest absolute Gasteiger partial charge is 0.0948 e. The number of fused-ring (bicyclic) bond motifs is 1. The summed E-state index contributed by atoms with van der Waals surface area (Å²) >= 11 is 7.89. The molecule has 3 aromatic rings. The molecular formula is C15H14ClN3S. The molecule has 0 aliphatic rings. The van der Waals surface area contributed by atoms with Crippen molar-refractivity contribution in [2.75, 3.05) is 5.32 Å². The number of hydrogen-bond donors (Lipinski definition) is 1. The van der Waals surface area contributed by atoms with E-state index < -0.39 is 0 Å². The highest BCUT2D eigenvalue weighted by atomic mass is 35.5. The van der Waals surface area contributed by atoms with Crippen LogP contribution in [0.4, 0.5) is 5.69 Å². The lowest BCUT2D eigenvalue weighted by Gasteiger charge is -2.08. The molecule has 0 spiro atoms. The fourth-order valence-electron chi connectivity index (χ4n) is 2.06. The SMILES string of the molecule is CCc1nc(CNc2ccc(Cl)c3cccnc23)cs1. The van der Waals surface area contributed by atoms with E-state index in [0.29, 0.717) is 6.54 Å². The first-order chi connectivity index (χ1) is 9.78. The van der Waals surface area contributed by atoms with Gasteiger partial charge in [0.2, 0.25) is 0 Å². The number of pyridine rings is 1.